The Morgan fingerprint density at radius 3 is 2.70 bits per heavy atom. The second-order valence-corrected chi connectivity index (χ2v) is 7.12. The molecule has 27 heavy (non-hydrogen) atoms. The van der Waals surface area contributed by atoms with Crippen LogP contribution in [0.5, 0.6) is 0 Å². The summed E-state index contributed by atoms with van der Waals surface area (Å²) in [7, 11) is 3.15. The van der Waals surface area contributed by atoms with Gasteiger partial charge in [-0.05, 0) is 43.7 Å². The molecule has 1 atom stereocenters. The molecule has 4 rings (SSSR count). The minimum absolute atomic E-state index is 0.157. The van der Waals surface area contributed by atoms with E-state index in [1.165, 1.54) is 11.6 Å². The molecule has 0 aliphatic carbocycles. The molecule has 140 valence electrons. The average molecular weight is 365 g/mol. The summed E-state index contributed by atoms with van der Waals surface area (Å²) in [6.45, 7) is 1.75. The number of piperidine rings is 1. The maximum atomic E-state index is 12.4. The van der Waals surface area contributed by atoms with Crippen molar-refractivity contribution in [2.24, 2.45) is 14.1 Å². The monoisotopic (exact) mass is 365 g/mol. The molecule has 0 N–H and O–H groups in total. The number of nitrogens with zero attached hydrogens (tertiary/aromatic N) is 5. The Balaban J connectivity index is 1.75. The topological polar surface area (TPSA) is 73.0 Å². The van der Waals surface area contributed by atoms with E-state index in [9.17, 15) is 9.59 Å². The van der Waals surface area contributed by atoms with Crippen LogP contribution in [-0.4, -0.2) is 30.5 Å². The van der Waals surface area contributed by atoms with E-state index in [2.05, 4.69) is 9.88 Å². The molecule has 0 saturated carbocycles. The minimum Gasteiger partial charge on any atom is -0.289 e. The van der Waals surface area contributed by atoms with Gasteiger partial charge in [0.2, 0.25) is 0 Å². The third-order valence-electron chi connectivity index (χ3n) is 5.37. The minimum atomic E-state index is -0.355. The van der Waals surface area contributed by atoms with Gasteiger partial charge in [-0.3, -0.25) is 23.8 Å². The highest BCUT2D eigenvalue weighted by atomic mass is 16.2. The van der Waals surface area contributed by atoms with Crippen molar-refractivity contribution in [1.29, 1.82) is 0 Å². The lowest BCUT2D eigenvalue weighted by Crippen LogP contribution is -2.38. The first kappa shape index (κ1) is 17.6. The highest BCUT2D eigenvalue weighted by molar-refractivity contribution is 5.74. The van der Waals surface area contributed by atoms with E-state index in [-0.39, 0.29) is 17.3 Å². The lowest BCUT2D eigenvalue weighted by atomic mass is 9.98. The second-order valence-electron chi connectivity index (χ2n) is 7.12. The number of pyridine rings is 2. The molecule has 1 aliphatic heterocycles. The van der Waals surface area contributed by atoms with E-state index >= 15 is 0 Å². The zero-order chi connectivity index (χ0) is 19.0. The van der Waals surface area contributed by atoms with Crippen molar-refractivity contribution in [3.63, 3.8) is 0 Å². The number of likely N-dealkylation sites (tertiary alicyclic amines) is 1. The average Bonchev–Trinajstić information content (AvgIpc) is 2.71. The van der Waals surface area contributed by atoms with Crippen molar-refractivity contribution in [2.45, 2.75) is 31.8 Å². The van der Waals surface area contributed by atoms with Gasteiger partial charge in [0.15, 0.2) is 0 Å². The summed E-state index contributed by atoms with van der Waals surface area (Å²) in [6, 6.07) is 9.84. The van der Waals surface area contributed by atoms with E-state index in [0.717, 1.165) is 48.3 Å². The molecule has 1 aliphatic rings. The number of fused-ring (bicyclic) bond motifs is 1. The van der Waals surface area contributed by atoms with Crippen LogP contribution < -0.4 is 11.2 Å². The summed E-state index contributed by atoms with van der Waals surface area (Å²) in [5, 5.41) is 0.468. The quantitative estimate of drug-likeness (QED) is 0.707. The summed E-state index contributed by atoms with van der Waals surface area (Å²) < 4.78 is 2.57. The molecule has 0 amide bonds. The molecule has 0 bridgehead atoms. The normalized spacial score (nSPS) is 18.1. The summed E-state index contributed by atoms with van der Waals surface area (Å²) in [5.41, 5.74) is 1.73. The van der Waals surface area contributed by atoms with Crippen LogP contribution in [0.4, 0.5) is 0 Å². The van der Waals surface area contributed by atoms with Crippen LogP contribution >= 0.6 is 0 Å². The largest absolute Gasteiger partial charge is 0.332 e. The Kier molecular flexibility index (Phi) is 4.61. The molecule has 4 heterocycles. The Morgan fingerprint density at radius 2 is 1.93 bits per heavy atom. The van der Waals surface area contributed by atoms with Crippen molar-refractivity contribution < 1.29 is 0 Å². The number of hydrogen-bond acceptors (Lipinski definition) is 5. The highest BCUT2D eigenvalue weighted by Gasteiger charge is 2.26. The fraction of sp³-hybridized carbons (Fsp3) is 0.400. The van der Waals surface area contributed by atoms with E-state index in [1.54, 1.807) is 13.1 Å². The van der Waals surface area contributed by atoms with Crippen LogP contribution in [-0.2, 0) is 20.6 Å². The lowest BCUT2D eigenvalue weighted by molar-refractivity contribution is 0.136. The third kappa shape index (κ3) is 3.19. The van der Waals surface area contributed by atoms with Crippen LogP contribution in [0, 0.1) is 0 Å². The Labute approximate surface area is 156 Å². The maximum absolute atomic E-state index is 12.4. The van der Waals surface area contributed by atoms with Gasteiger partial charge in [-0.25, -0.2) is 9.78 Å². The fourth-order valence-corrected chi connectivity index (χ4v) is 3.87. The number of rotatable bonds is 3. The third-order valence-corrected chi connectivity index (χ3v) is 5.37. The second kappa shape index (κ2) is 7.08. The van der Waals surface area contributed by atoms with Gasteiger partial charge in [0.05, 0.1) is 22.8 Å². The molecule has 7 nitrogen and oxygen atoms in total. The first-order valence-electron chi connectivity index (χ1n) is 9.27. The molecule has 0 spiro atoms. The van der Waals surface area contributed by atoms with Gasteiger partial charge in [0, 0.05) is 26.8 Å². The van der Waals surface area contributed by atoms with Crippen molar-refractivity contribution in [3.05, 3.63) is 68.8 Å². The first-order valence-corrected chi connectivity index (χ1v) is 9.27. The predicted octanol–water partition coefficient (Wildman–Crippen LogP) is 1.75. The van der Waals surface area contributed by atoms with Crippen LogP contribution in [0.1, 0.15) is 36.7 Å². The number of aromatic nitrogens is 4. The molecule has 7 heteroatoms. The van der Waals surface area contributed by atoms with Gasteiger partial charge < -0.3 is 0 Å². The van der Waals surface area contributed by atoms with Gasteiger partial charge in [0.1, 0.15) is 5.65 Å². The fourth-order valence-electron chi connectivity index (χ4n) is 3.87. The van der Waals surface area contributed by atoms with Crippen molar-refractivity contribution in [1.82, 2.24) is 24.0 Å². The summed E-state index contributed by atoms with van der Waals surface area (Å²) in [5.74, 6) is 0. The van der Waals surface area contributed by atoms with Gasteiger partial charge in [-0.2, -0.15) is 0 Å². The van der Waals surface area contributed by atoms with Crippen LogP contribution in [0.15, 0.2) is 46.1 Å². The predicted molar refractivity (Wildman–Crippen MR) is 103 cm³/mol. The van der Waals surface area contributed by atoms with Crippen molar-refractivity contribution in [3.8, 4) is 0 Å². The number of hydrogen-bond donors (Lipinski definition) is 0. The summed E-state index contributed by atoms with van der Waals surface area (Å²) in [6.07, 6.45) is 5.10. The Morgan fingerprint density at radius 1 is 1.07 bits per heavy atom. The van der Waals surface area contributed by atoms with Crippen LogP contribution in [0.3, 0.4) is 0 Å². The molecule has 0 aromatic carbocycles. The molecule has 1 saturated heterocycles. The maximum Gasteiger partial charge on any atom is 0.332 e. The van der Waals surface area contributed by atoms with E-state index in [4.69, 9.17) is 4.98 Å². The van der Waals surface area contributed by atoms with Crippen LogP contribution in [0.25, 0.3) is 11.0 Å². The highest BCUT2D eigenvalue weighted by Crippen LogP contribution is 2.31. The molecule has 3 aromatic heterocycles. The molecular weight excluding hydrogens is 342 g/mol. The van der Waals surface area contributed by atoms with Crippen molar-refractivity contribution in [2.75, 3.05) is 6.54 Å². The van der Waals surface area contributed by atoms with E-state index < -0.39 is 0 Å². The lowest BCUT2D eigenvalue weighted by Gasteiger charge is -2.35. The molecule has 0 radical (unpaired) electrons. The SMILES string of the molecule is Cn1c(=O)c2ccc([C@@H]3CCCCN3Cc3ccccn3)nc2n(C)c1=O. The zero-order valence-corrected chi connectivity index (χ0v) is 15.6. The van der Waals surface area contributed by atoms with E-state index in [1.807, 2.05) is 30.5 Å². The molecule has 1 fully saturated rings. The standard InChI is InChI=1S/C20H23N5O2/c1-23-18-15(19(26)24(2)20(23)27)9-10-16(22-18)17-8-4-6-12-25(17)13-14-7-3-5-11-21-14/h3,5,7,9-11,17H,4,6,8,12-13H2,1-2H3/t17-/m0/s1. The molecule has 3 aromatic rings. The smallest absolute Gasteiger partial charge is 0.289 e. The van der Waals surface area contributed by atoms with Gasteiger partial charge in [0.25, 0.3) is 5.56 Å². The Bertz CT molecular complexity index is 1090. The first-order chi connectivity index (χ1) is 13.1. The molecule has 0 unspecified atom stereocenters. The van der Waals surface area contributed by atoms with Gasteiger partial charge in [-0.1, -0.05) is 12.5 Å². The number of aryl methyl sites for hydroxylation is 1. The van der Waals surface area contributed by atoms with Crippen LogP contribution in [0.2, 0.25) is 0 Å². The Hall–Kier alpha value is -2.80. The van der Waals surface area contributed by atoms with E-state index in [0.29, 0.717) is 11.0 Å². The van der Waals surface area contributed by atoms with Crippen molar-refractivity contribution >= 4 is 11.0 Å². The van der Waals surface area contributed by atoms with Gasteiger partial charge >= 0.3 is 5.69 Å². The summed E-state index contributed by atoms with van der Waals surface area (Å²) in [4.78, 5) is 36.2. The van der Waals surface area contributed by atoms with Gasteiger partial charge in [-0.15, -0.1) is 0 Å². The molecular formula is C20H23N5O2. The zero-order valence-electron chi connectivity index (χ0n) is 15.6. The summed E-state index contributed by atoms with van der Waals surface area (Å²) >= 11 is 0.